The Morgan fingerprint density at radius 3 is 1.56 bits per heavy atom. The van der Waals surface area contributed by atoms with Crippen LogP contribution in [0.15, 0.2) is 48.5 Å². The van der Waals surface area contributed by atoms with Crippen LogP contribution in [0.5, 0.6) is 0 Å². The van der Waals surface area contributed by atoms with Crippen LogP contribution in [-0.4, -0.2) is 24.0 Å². The molecule has 1 fully saturated rings. The van der Waals surface area contributed by atoms with Gasteiger partial charge in [-0.25, -0.2) is 0 Å². The molecule has 0 saturated carbocycles. The maximum absolute atomic E-state index is 3.41. The predicted molar refractivity (Wildman–Crippen MR) is 105 cm³/mol. The van der Waals surface area contributed by atoms with E-state index in [1.807, 2.05) is 0 Å². The third-order valence-electron chi connectivity index (χ3n) is 4.57. The van der Waals surface area contributed by atoms with Gasteiger partial charge in [0.15, 0.2) is 0 Å². The second-order valence-electron chi connectivity index (χ2n) is 6.77. The molecule has 2 aromatic carbocycles. The lowest BCUT2D eigenvalue weighted by atomic mass is 10.1. The highest BCUT2D eigenvalue weighted by Crippen LogP contribution is 2.12. The third-order valence-corrected chi connectivity index (χ3v) is 4.57. The lowest BCUT2D eigenvalue weighted by Gasteiger charge is -2.28. The summed E-state index contributed by atoms with van der Waals surface area (Å²) in [5.74, 6) is 13.5. The zero-order valence-corrected chi connectivity index (χ0v) is 15.2. The summed E-state index contributed by atoms with van der Waals surface area (Å²) in [6, 6.07) is 16.8. The molecule has 2 aromatic rings. The van der Waals surface area contributed by atoms with Crippen molar-refractivity contribution < 1.29 is 0 Å². The van der Waals surface area contributed by atoms with Gasteiger partial charge in [-0.05, 0) is 51.0 Å². The molecule has 1 heterocycles. The number of likely N-dealkylation sites (tertiary alicyclic amines) is 1. The molecule has 0 spiro atoms. The second kappa shape index (κ2) is 8.57. The molecular weight excluding hydrogens is 302 g/mol. The zero-order chi connectivity index (χ0) is 17.5. The van der Waals surface area contributed by atoms with Crippen molar-refractivity contribution in [1.29, 1.82) is 0 Å². The normalized spacial score (nSPS) is 14.4. The summed E-state index contributed by atoms with van der Waals surface area (Å²) in [5, 5.41) is 0. The summed E-state index contributed by atoms with van der Waals surface area (Å²) < 4.78 is 0. The number of benzene rings is 2. The minimum absolute atomic E-state index is 0.00269. The van der Waals surface area contributed by atoms with Crippen molar-refractivity contribution in [3.63, 3.8) is 0 Å². The fraction of sp³-hybridized carbons (Fsp3) is 0.333. The molecule has 1 aliphatic heterocycles. The summed E-state index contributed by atoms with van der Waals surface area (Å²) in [4.78, 5) is 2.42. The van der Waals surface area contributed by atoms with Crippen molar-refractivity contribution in [1.82, 2.24) is 4.90 Å². The van der Waals surface area contributed by atoms with Crippen molar-refractivity contribution in [3.05, 3.63) is 70.8 Å². The summed E-state index contributed by atoms with van der Waals surface area (Å²) in [6.45, 7) is 6.38. The van der Waals surface area contributed by atoms with Crippen LogP contribution in [0.2, 0.25) is 0 Å². The molecule has 25 heavy (non-hydrogen) atoms. The molecule has 0 unspecified atom stereocenters. The molecule has 0 bridgehead atoms. The number of nitrogens with zero attached hydrogens (tertiary/aromatic N) is 1. The first kappa shape index (κ1) is 17.3. The number of rotatable bonds is 1. The average Bonchev–Trinajstić information content (AvgIpc) is 2.65. The Morgan fingerprint density at radius 2 is 1.12 bits per heavy atom. The van der Waals surface area contributed by atoms with Crippen molar-refractivity contribution in [3.8, 4) is 23.7 Å². The Kier molecular flexibility index (Phi) is 5.95. The quantitative estimate of drug-likeness (QED) is 0.694. The van der Waals surface area contributed by atoms with Gasteiger partial charge in [-0.15, -0.1) is 0 Å². The number of hydrogen-bond acceptors (Lipinski definition) is 1. The first-order valence-electron chi connectivity index (χ1n) is 9.11. The van der Waals surface area contributed by atoms with E-state index in [4.69, 9.17) is 0 Å². The summed E-state index contributed by atoms with van der Waals surface area (Å²) >= 11 is 0. The van der Waals surface area contributed by atoms with E-state index in [2.05, 4.69) is 91.0 Å². The van der Waals surface area contributed by atoms with Gasteiger partial charge in [0.1, 0.15) is 6.04 Å². The Bertz CT molecular complexity index is 737. The third kappa shape index (κ3) is 5.25. The highest BCUT2D eigenvalue weighted by molar-refractivity contribution is 5.42. The van der Waals surface area contributed by atoms with E-state index in [0.717, 1.165) is 24.2 Å². The highest BCUT2D eigenvalue weighted by Gasteiger charge is 2.16. The monoisotopic (exact) mass is 327 g/mol. The maximum atomic E-state index is 3.41. The molecule has 1 nitrogen and oxygen atoms in total. The predicted octanol–water partition coefficient (Wildman–Crippen LogP) is 4.56. The average molecular weight is 327 g/mol. The van der Waals surface area contributed by atoms with Crippen LogP contribution in [0.1, 0.15) is 41.5 Å². The number of hydrogen-bond donors (Lipinski definition) is 0. The number of piperidine rings is 1. The molecular formula is C24H25N. The topological polar surface area (TPSA) is 3.24 Å². The zero-order valence-electron chi connectivity index (χ0n) is 15.2. The first-order chi connectivity index (χ1) is 12.2. The Hall–Kier alpha value is -2.48. The molecule has 0 N–H and O–H groups in total. The molecule has 0 atom stereocenters. The van der Waals surface area contributed by atoms with Gasteiger partial charge in [-0.1, -0.05) is 65.5 Å². The largest absolute Gasteiger partial charge is 0.280 e. The van der Waals surface area contributed by atoms with Gasteiger partial charge >= 0.3 is 0 Å². The van der Waals surface area contributed by atoms with Crippen molar-refractivity contribution in [2.45, 2.75) is 39.2 Å². The van der Waals surface area contributed by atoms with Crippen LogP contribution in [0, 0.1) is 37.5 Å². The van der Waals surface area contributed by atoms with Crippen LogP contribution in [-0.2, 0) is 0 Å². The Labute approximate surface area is 152 Å². The summed E-state index contributed by atoms with van der Waals surface area (Å²) in [5.41, 5.74) is 4.64. The molecule has 0 aromatic heterocycles. The van der Waals surface area contributed by atoms with Crippen LogP contribution >= 0.6 is 0 Å². The molecule has 1 heteroatoms. The first-order valence-corrected chi connectivity index (χ1v) is 9.11. The second-order valence-corrected chi connectivity index (χ2v) is 6.77. The van der Waals surface area contributed by atoms with Gasteiger partial charge in [0.2, 0.25) is 0 Å². The lowest BCUT2D eigenvalue weighted by molar-refractivity contribution is 0.225. The van der Waals surface area contributed by atoms with Crippen molar-refractivity contribution >= 4 is 0 Å². The van der Waals surface area contributed by atoms with E-state index in [0.29, 0.717) is 0 Å². The molecule has 3 rings (SSSR count). The molecule has 1 aliphatic rings. The lowest BCUT2D eigenvalue weighted by Crippen LogP contribution is -2.37. The van der Waals surface area contributed by atoms with Crippen molar-refractivity contribution in [2.75, 3.05) is 13.1 Å². The highest BCUT2D eigenvalue weighted by atomic mass is 15.1. The van der Waals surface area contributed by atoms with Gasteiger partial charge in [-0.2, -0.15) is 0 Å². The van der Waals surface area contributed by atoms with E-state index in [1.165, 1.54) is 30.4 Å². The Balaban J connectivity index is 1.82. The van der Waals surface area contributed by atoms with E-state index in [1.54, 1.807) is 0 Å². The molecule has 0 aliphatic carbocycles. The van der Waals surface area contributed by atoms with Crippen LogP contribution in [0.25, 0.3) is 0 Å². The standard InChI is InChI=1S/C24H25N/c1-20-6-10-22(11-7-20)14-16-24(25-18-4-3-5-19-25)17-15-23-12-8-21(2)9-13-23/h6-13,24H,3-5,18-19H2,1-2H3. The molecule has 1 saturated heterocycles. The fourth-order valence-corrected chi connectivity index (χ4v) is 2.97. The summed E-state index contributed by atoms with van der Waals surface area (Å²) in [7, 11) is 0. The SMILES string of the molecule is Cc1ccc(C#CC(C#Cc2ccc(C)cc2)N2CCCCC2)cc1. The minimum atomic E-state index is 0.00269. The van der Waals surface area contributed by atoms with Gasteiger partial charge in [0, 0.05) is 24.2 Å². The van der Waals surface area contributed by atoms with Crippen LogP contribution < -0.4 is 0 Å². The van der Waals surface area contributed by atoms with Gasteiger partial charge in [0.25, 0.3) is 0 Å². The van der Waals surface area contributed by atoms with E-state index < -0.39 is 0 Å². The molecule has 0 amide bonds. The Morgan fingerprint density at radius 1 is 0.680 bits per heavy atom. The van der Waals surface area contributed by atoms with Gasteiger partial charge in [0.05, 0.1) is 0 Å². The van der Waals surface area contributed by atoms with Crippen LogP contribution in [0.3, 0.4) is 0 Å². The summed E-state index contributed by atoms with van der Waals surface area (Å²) in [6.07, 6.45) is 3.81. The molecule has 0 radical (unpaired) electrons. The minimum Gasteiger partial charge on any atom is -0.280 e. The van der Waals surface area contributed by atoms with Crippen LogP contribution in [0.4, 0.5) is 0 Å². The smallest absolute Gasteiger partial charge is 0.134 e. The fourth-order valence-electron chi connectivity index (χ4n) is 2.97. The maximum Gasteiger partial charge on any atom is 0.134 e. The van der Waals surface area contributed by atoms with Gasteiger partial charge in [-0.3, -0.25) is 4.90 Å². The van der Waals surface area contributed by atoms with E-state index >= 15 is 0 Å². The van der Waals surface area contributed by atoms with E-state index in [-0.39, 0.29) is 6.04 Å². The number of aryl methyl sites for hydroxylation is 2. The van der Waals surface area contributed by atoms with Gasteiger partial charge < -0.3 is 0 Å². The molecule has 126 valence electrons. The van der Waals surface area contributed by atoms with Crippen molar-refractivity contribution in [2.24, 2.45) is 0 Å². The van der Waals surface area contributed by atoms with E-state index in [9.17, 15) is 0 Å².